The Balaban J connectivity index is 2.42. The van der Waals surface area contributed by atoms with Crippen molar-refractivity contribution in [3.63, 3.8) is 0 Å². The number of carboxylic acid groups (broad SMARTS) is 1. The highest BCUT2D eigenvalue weighted by atomic mass is 32.2. The minimum absolute atomic E-state index is 0.0261. The minimum atomic E-state index is -3.79. The van der Waals surface area contributed by atoms with E-state index in [2.05, 4.69) is 5.10 Å². The van der Waals surface area contributed by atoms with Gasteiger partial charge in [-0.1, -0.05) is 0 Å². The Bertz CT molecular complexity index is 677. The number of hydrogen-bond donors (Lipinski definition) is 2. The SMILES string of the molecule is Cc1nn(CC(=O)O)c(C)c1S(=O)(=O)N1CCC(C)(O)C1. The first kappa shape index (κ1) is 15.9. The summed E-state index contributed by atoms with van der Waals surface area (Å²) in [6.07, 6.45) is 0.369. The highest BCUT2D eigenvalue weighted by molar-refractivity contribution is 7.89. The molecule has 8 nitrogen and oxygen atoms in total. The Kier molecular flexibility index (Phi) is 3.85. The molecule has 1 aromatic rings. The van der Waals surface area contributed by atoms with E-state index in [-0.39, 0.29) is 30.2 Å². The molecule has 1 aliphatic heterocycles. The molecular formula is C12H19N3O5S. The van der Waals surface area contributed by atoms with E-state index in [1.165, 1.54) is 22.8 Å². The molecule has 2 heterocycles. The van der Waals surface area contributed by atoms with Crippen LogP contribution in [-0.2, 0) is 21.4 Å². The molecule has 1 aliphatic rings. The average molecular weight is 317 g/mol. The van der Waals surface area contributed by atoms with Crippen LogP contribution < -0.4 is 0 Å². The maximum absolute atomic E-state index is 12.7. The Morgan fingerprint density at radius 1 is 1.43 bits per heavy atom. The quantitative estimate of drug-likeness (QED) is 0.790. The zero-order chi connectivity index (χ0) is 16.0. The van der Waals surface area contributed by atoms with Gasteiger partial charge in [-0.3, -0.25) is 9.48 Å². The van der Waals surface area contributed by atoms with Gasteiger partial charge in [0.1, 0.15) is 11.4 Å². The lowest BCUT2D eigenvalue weighted by molar-refractivity contribution is -0.137. The van der Waals surface area contributed by atoms with Gasteiger partial charge in [-0.05, 0) is 27.2 Å². The van der Waals surface area contributed by atoms with Gasteiger partial charge >= 0.3 is 5.97 Å². The van der Waals surface area contributed by atoms with Crippen molar-refractivity contribution in [2.45, 2.75) is 44.2 Å². The average Bonchev–Trinajstić information content (AvgIpc) is 2.80. The summed E-state index contributed by atoms with van der Waals surface area (Å²) in [6, 6.07) is 0. The summed E-state index contributed by atoms with van der Waals surface area (Å²) >= 11 is 0. The Hall–Kier alpha value is -1.45. The van der Waals surface area contributed by atoms with Crippen molar-refractivity contribution in [2.75, 3.05) is 13.1 Å². The topological polar surface area (TPSA) is 113 Å². The van der Waals surface area contributed by atoms with Crippen molar-refractivity contribution in [1.82, 2.24) is 14.1 Å². The maximum atomic E-state index is 12.7. The van der Waals surface area contributed by atoms with Gasteiger partial charge in [0.15, 0.2) is 0 Å². The number of β-amino-alcohol motifs (C(OH)–C–C–N with tert-alkyl or cyclic N) is 1. The normalized spacial score (nSPS) is 23.6. The second-order valence-corrected chi connectivity index (χ2v) is 7.51. The number of rotatable bonds is 4. The van der Waals surface area contributed by atoms with E-state index in [1.54, 1.807) is 6.92 Å². The Labute approximate surface area is 123 Å². The zero-order valence-corrected chi connectivity index (χ0v) is 13.0. The van der Waals surface area contributed by atoms with Gasteiger partial charge in [-0.25, -0.2) is 8.42 Å². The lowest BCUT2D eigenvalue weighted by Crippen LogP contribution is -2.34. The molecule has 1 fully saturated rings. The molecule has 1 aromatic heterocycles. The summed E-state index contributed by atoms with van der Waals surface area (Å²) in [6.45, 7) is 4.53. The fourth-order valence-electron chi connectivity index (χ4n) is 2.57. The predicted molar refractivity (Wildman–Crippen MR) is 73.3 cm³/mol. The van der Waals surface area contributed by atoms with Crippen LogP contribution in [0.4, 0.5) is 0 Å². The van der Waals surface area contributed by atoms with Crippen molar-refractivity contribution in [1.29, 1.82) is 0 Å². The number of aliphatic carboxylic acids is 1. The molecule has 0 radical (unpaired) electrons. The summed E-state index contributed by atoms with van der Waals surface area (Å²) < 4.78 is 27.7. The van der Waals surface area contributed by atoms with Crippen molar-refractivity contribution in [2.24, 2.45) is 0 Å². The summed E-state index contributed by atoms with van der Waals surface area (Å²) in [4.78, 5) is 10.8. The fraction of sp³-hybridized carbons (Fsp3) is 0.667. The molecule has 2 N–H and O–H groups in total. The Morgan fingerprint density at radius 3 is 2.52 bits per heavy atom. The molecule has 0 amide bonds. The van der Waals surface area contributed by atoms with Crippen molar-refractivity contribution < 1.29 is 23.4 Å². The third-order valence-corrected chi connectivity index (χ3v) is 5.71. The number of carboxylic acids is 1. The van der Waals surface area contributed by atoms with Crippen LogP contribution in [0.2, 0.25) is 0 Å². The van der Waals surface area contributed by atoms with Gasteiger partial charge in [0.2, 0.25) is 10.0 Å². The number of aromatic nitrogens is 2. The van der Waals surface area contributed by atoms with E-state index in [0.29, 0.717) is 12.1 Å². The van der Waals surface area contributed by atoms with E-state index >= 15 is 0 Å². The van der Waals surface area contributed by atoms with Crippen LogP contribution in [0, 0.1) is 13.8 Å². The van der Waals surface area contributed by atoms with Crippen molar-refractivity contribution >= 4 is 16.0 Å². The first-order valence-corrected chi connectivity index (χ1v) is 7.97. The van der Waals surface area contributed by atoms with Gasteiger partial charge in [0, 0.05) is 13.1 Å². The minimum Gasteiger partial charge on any atom is -0.480 e. The molecule has 2 rings (SSSR count). The van der Waals surface area contributed by atoms with E-state index in [9.17, 15) is 18.3 Å². The van der Waals surface area contributed by atoms with Gasteiger partial charge in [-0.15, -0.1) is 0 Å². The lowest BCUT2D eigenvalue weighted by Gasteiger charge is -2.19. The molecule has 1 saturated heterocycles. The highest BCUT2D eigenvalue weighted by Gasteiger charge is 2.40. The van der Waals surface area contributed by atoms with Crippen LogP contribution in [0.1, 0.15) is 24.7 Å². The summed E-state index contributed by atoms with van der Waals surface area (Å²) in [5.74, 6) is -1.09. The van der Waals surface area contributed by atoms with Crippen LogP contribution >= 0.6 is 0 Å². The maximum Gasteiger partial charge on any atom is 0.325 e. The molecule has 0 saturated carbocycles. The summed E-state index contributed by atoms with van der Waals surface area (Å²) in [5.41, 5.74) is -0.479. The van der Waals surface area contributed by atoms with E-state index in [0.717, 1.165) is 0 Å². The van der Waals surface area contributed by atoms with E-state index < -0.39 is 21.6 Å². The van der Waals surface area contributed by atoms with Crippen LogP contribution in [0.15, 0.2) is 4.90 Å². The molecule has 1 unspecified atom stereocenters. The van der Waals surface area contributed by atoms with E-state index in [4.69, 9.17) is 5.11 Å². The van der Waals surface area contributed by atoms with Gasteiger partial charge < -0.3 is 10.2 Å². The first-order chi connectivity index (χ1) is 9.54. The molecule has 0 aromatic carbocycles. The third-order valence-electron chi connectivity index (χ3n) is 3.61. The van der Waals surface area contributed by atoms with Crippen LogP contribution in [-0.4, -0.2) is 57.4 Å². The molecule has 9 heteroatoms. The monoisotopic (exact) mass is 317 g/mol. The smallest absolute Gasteiger partial charge is 0.325 e. The number of nitrogens with zero attached hydrogens (tertiary/aromatic N) is 3. The molecule has 0 spiro atoms. The van der Waals surface area contributed by atoms with E-state index in [1.807, 2.05) is 0 Å². The van der Waals surface area contributed by atoms with Crippen LogP contribution in [0.3, 0.4) is 0 Å². The van der Waals surface area contributed by atoms with Gasteiger partial charge in [0.05, 0.1) is 17.0 Å². The predicted octanol–water partition coefficient (Wildman–Crippen LogP) is -0.270. The summed E-state index contributed by atoms with van der Waals surface area (Å²) in [7, 11) is -3.79. The van der Waals surface area contributed by atoms with Crippen molar-refractivity contribution in [3.8, 4) is 0 Å². The first-order valence-electron chi connectivity index (χ1n) is 6.53. The molecule has 1 atom stereocenters. The molecule has 0 bridgehead atoms. The van der Waals surface area contributed by atoms with Crippen molar-refractivity contribution in [3.05, 3.63) is 11.4 Å². The molecule has 118 valence electrons. The van der Waals surface area contributed by atoms with Crippen LogP contribution in [0.5, 0.6) is 0 Å². The second-order valence-electron chi connectivity index (χ2n) is 5.64. The molecule has 21 heavy (non-hydrogen) atoms. The lowest BCUT2D eigenvalue weighted by atomic mass is 10.1. The fourth-order valence-corrected chi connectivity index (χ4v) is 4.50. The van der Waals surface area contributed by atoms with Gasteiger partial charge in [-0.2, -0.15) is 9.40 Å². The number of sulfonamides is 1. The summed E-state index contributed by atoms with van der Waals surface area (Å²) in [5, 5.41) is 22.7. The Morgan fingerprint density at radius 2 is 2.05 bits per heavy atom. The highest BCUT2D eigenvalue weighted by Crippen LogP contribution is 2.29. The standard InChI is InChI=1S/C12H19N3O5S/c1-8-11(9(2)15(13-8)6-10(16)17)21(19,20)14-5-4-12(3,18)7-14/h18H,4-7H2,1-3H3,(H,16,17). The number of aryl methyl sites for hydroxylation is 1. The number of hydrogen-bond acceptors (Lipinski definition) is 5. The number of carbonyl (C=O) groups is 1. The zero-order valence-electron chi connectivity index (χ0n) is 12.2. The molecule has 0 aliphatic carbocycles. The molecular weight excluding hydrogens is 298 g/mol. The van der Waals surface area contributed by atoms with Crippen LogP contribution in [0.25, 0.3) is 0 Å². The third kappa shape index (κ3) is 2.94. The number of aliphatic hydroxyl groups is 1. The van der Waals surface area contributed by atoms with Gasteiger partial charge in [0.25, 0.3) is 0 Å². The largest absolute Gasteiger partial charge is 0.480 e. The second kappa shape index (κ2) is 5.08.